The third kappa shape index (κ3) is 5.91. The molecule has 19 heavy (non-hydrogen) atoms. The molecule has 1 aromatic rings. The van der Waals surface area contributed by atoms with Gasteiger partial charge in [0.2, 0.25) is 5.91 Å². The third-order valence-corrected chi connectivity index (χ3v) is 3.11. The molecular weight excluding hydrogens is 332 g/mol. The van der Waals surface area contributed by atoms with E-state index in [0.29, 0.717) is 13.1 Å². The van der Waals surface area contributed by atoms with E-state index in [1.165, 1.54) is 7.11 Å². The van der Waals surface area contributed by atoms with Crippen molar-refractivity contribution in [2.24, 2.45) is 5.73 Å². The lowest BCUT2D eigenvalue weighted by Gasteiger charge is -2.24. The van der Waals surface area contributed by atoms with Crippen LogP contribution in [0.25, 0.3) is 0 Å². The van der Waals surface area contributed by atoms with Crippen LogP contribution in [0, 0.1) is 0 Å². The van der Waals surface area contributed by atoms with E-state index >= 15 is 0 Å². The second-order valence-corrected chi connectivity index (χ2v) is 4.96. The van der Waals surface area contributed by atoms with Crippen LogP contribution in [0.5, 0.6) is 0 Å². The summed E-state index contributed by atoms with van der Waals surface area (Å²) >= 11 is 3.42. The van der Waals surface area contributed by atoms with Crippen LogP contribution in [0.1, 0.15) is 12.5 Å². The lowest BCUT2D eigenvalue weighted by atomic mass is 10.2. The van der Waals surface area contributed by atoms with E-state index in [2.05, 4.69) is 15.9 Å². The first-order valence-electron chi connectivity index (χ1n) is 5.86. The molecule has 0 heterocycles. The van der Waals surface area contributed by atoms with E-state index in [1.807, 2.05) is 31.2 Å². The van der Waals surface area contributed by atoms with Crippen LogP contribution in [0.4, 0.5) is 0 Å². The average Bonchev–Trinajstić information content (AvgIpc) is 2.35. The molecule has 0 saturated carbocycles. The van der Waals surface area contributed by atoms with Crippen molar-refractivity contribution in [3.8, 4) is 0 Å². The fourth-order valence-electron chi connectivity index (χ4n) is 1.69. The van der Waals surface area contributed by atoms with E-state index in [0.717, 1.165) is 10.0 Å². The predicted octanol–water partition coefficient (Wildman–Crippen LogP) is 2.19. The van der Waals surface area contributed by atoms with Gasteiger partial charge in [0.25, 0.3) is 0 Å². The quantitative estimate of drug-likeness (QED) is 0.855. The molecule has 0 bridgehead atoms. The molecule has 0 saturated heterocycles. The van der Waals surface area contributed by atoms with Gasteiger partial charge in [0.05, 0.1) is 6.61 Å². The topological polar surface area (TPSA) is 55.6 Å². The van der Waals surface area contributed by atoms with E-state index < -0.39 is 6.04 Å². The summed E-state index contributed by atoms with van der Waals surface area (Å²) in [7, 11) is 1.54. The SMILES string of the molecule is CCN(Cc1cccc(Br)c1)C(=O)C(N)COC.Cl. The average molecular weight is 352 g/mol. The molecule has 4 nitrogen and oxygen atoms in total. The molecule has 1 amide bonds. The van der Waals surface area contributed by atoms with E-state index in [-0.39, 0.29) is 24.9 Å². The Labute approximate surface area is 128 Å². The molecule has 108 valence electrons. The summed E-state index contributed by atoms with van der Waals surface area (Å²) in [6, 6.07) is 7.30. The summed E-state index contributed by atoms with van der Waals surface area (Å²) in [5, 5.41) is 0. The maximum absolute atomic E-state index is 12.1. The van der Waals surface area contributed by atoms with Crippen molar-refractivity contribution in [1.29, 1.82) is 0 Å². The highest BCUT2D eigenvalue weighted by molar-refractivity contribution is 9.10. The molecule has 0 aliphatic heterocycles. The number of methoxy groups -OCH3 is 1. The van der Waals surface area contributed by atoms with Crippen LogP contribution in [-0.2, 0) is 16.1 Å². The minimum absolute atomic E-state index is 0. The van der Waals surface area contributed by atoms with Crippen LogP contribution >= 0.6 is 28.3 Å². The summed E-state index contributed by atoms with van der Waals surface area (Å²) in [5.41, 5.74) is 6.84. The normalized spacial score (nSPS) is 11.6. The van der Waals surface area contributed by atoms with E-state index in [4.69, 9.17) is 10.5 Å². The number of benzene rings is 1. The van der Waals surface area contributed by atoms with Crippen molar-refractivity contribution in [2.45, 2.75) is 19.5 Å². The van der Waals surface area contributed by atoms with Crippen LogP contribution in [0.3, 0.4) is 0 Å². The standard InChI is InChI=1S/C13H19BrN2O2.ClH/c1-3-16(13(17)12(15)9-18-2)8-10-5-4-6-11(14)7-10;/h4-7,12H,3,8-9,15H2,1-2H3;1H. The van der Waals surface area contributed by atoms with Crippen LogP contribution < -0.4 is 5.73 Å². The van der Waals surface area contributed by atoms with Crippen molar-refractivity contribution in [1.82, 2.24) is 4.90 Å². The van der Waals surface area contributed by atoms with Crippen molar-refractivity contribution in [3.05, 3.63) is 34.3 Å². The highest BCUT2D eigenvalue weighted by Crippen LogP contribution is 2.13. The Morgan fingerprint density at radius 2 is 2.21 bits per heavy atom. The zero-order valence-corrected chi connectivity index (χ0v) is 13.5. The van der Waals surface area contributed by atoms with Gasteiger partial charge in [-0.05, 0) is 24.6 Å². The zero-order valence-electron chi connectivity index (χ0n) is 11.1. The highest BCUT2D eigenvalue weighted by atomic mass is 79.9. The number of rotatable bonds is 6. The maximum atomic E-state index is 12.1. The van der Waals surface area contributed by atoms with Gasteiger partial charge in [0.15, 0.2) is 0 Å². The molecule has 1 atom stereocenters. The smallest absolute Gasteiger partial charge is 0.242 e. The predicted molar refractivity (Wildman–Crippen MR) is 82.3 cm³/mol. The second kappa shape index (κ2) is 9.31. The Morgan fingerprint density at radius 1 is 1.53 bits per heavy atom. The molecule has 0 aliphatic rings. The van der Waals surface area contributed by atoms with Crippen molar-refractivity contribution >= 4 is 34.2 Å². The van der Waals surface area contributed by atoms with Gasteiger partial charge in [-0.2, -0.15) is 0 Å². The lowest BCUT2D eigenvalue weighted by Crippen LogP contribution is -2.45. The van der Waals surface area contributed by atoms with Crippen molar-refractivity contribution in [3.63, 3.8) is 0 Å². The van der Waals surface area contributed by atoms with Crippen LogP contribution in [0.15, 0.2) is 28.7 Å². The fraction of sp³-hybridized carbons (Fsp3) is 0.462. The monoisotopic (exact) mass is 350 g/mol. The molecule has 1 unspecified atom stereocenters. The first-order chi connectivity index (χ1) is 8.58. The van der Waals surface area contributed by atoms with Crippen molar-refractivity contribution < 1.29 is 9.53 Å². The van der Waals surface area contributed by atoms with Gasteiger partial charge in [0, 0.05) is 24.7 Å². The summed E-state index contributed by atoms with van der Waals surface area (Å²) in [4.78, 5) is 13.8. The van der Waals surface area contributed by atoms with Gasteiger partial charge in [-0.1, -0.05) is 28.1 Å². The highest BCUT2D eigenvalue weighted by Gasteiger charge is 2.19. The number of hydrogen-bond donors (Lipinski definition) is 1. The van der Waals surface area contributed by atoms with Gasteiger partial charge in [-0.3, -0.25) is 4.79 Å². The van der Waals surface area contributed by atoms with E-state index in [1.54, 1.807) is 4.90 Å². The van der Waals surface area contributed by atoms with E-state index in [9.17, 15) is 4.79 Å². The molecule has 1 aromatic carbocycles. The molecule has 0 aliphatic carbocycles. The minimum atomic E-state index is -0.595. The maximum Gasteiger partial charge on any atom is 0.242 e. The van der Waals surface area contributed by atoms with Gasteiger partial charge in [-0.15, -0.1) is 12.4 Å². The number of nitrogens with two attached hydrogens (primary N) is 1. The molecular formula is C13H20BrClN2O2. The van der Waals surface area contributed by atoms with Crippen LogP contribution in [0.2, 0.25) is 0 Å². The Bertz CT molecular complexity index is 404. The zero-order chi connectivity index (χ0) is 13.5. The molecule has 0 aromatic heterocycles. The largest absolute Gasteiger partial charge is 0.383 e. The first-order valence-corrected chi connectivity index (χ1v) is 6.65. The fourth-order valence-corrected chi connectivity index (χ4v) is 2.13. The number of carbonyl (C=O) groups is 1. The molecule has 0 spiro atoms. The first kappa shape index (κ1) is 18.4. The Balaban J connectivity index is 0.00000324. The van der Waals surface area contributed by atoms with Gasteiger partial charge in [0.1, 0.15) is 6.04 Å². The Hall–Kier alpha value is -0.620. The number of amides is 1. The molecule has 1 rings (SSSR count). The van der Waals surface area contributed by atoms with Gasteiger partial charge >= 0.3 is 0 Å². The summed E-state index contributed by atoms with van der Waals surface area (Å²) in [5.74, 6) is -0.0840. The molecule has 0 fully saturated rings. The Morgan fingerprint density at radius 3 is 2.74 bits per heavy atom. The van der Waals surface area contributed by atoms with Gasteiger partial charge < -0.3 is 15.4 Å². The number of hydrogen-bond acceptors (Lipinski definition) is 3. The minimum Gasteiger partial charge on any atom is -0.383 e. The second-order valence-electron chi connectivity index (χ2n) is 4.04. The number of likely N-dealkylation sites (N-methyl/N-ethyl adjacent to an activating group) is 1. The van der Waals surface area contributed by atoms with Crippen LogP contribution in [-0.4, -0.2) is 37.1 Å². The molecule has 6 heteroatoms. The number of ether oxygens (including phenoxy) is 1. The summed E-state index contributed by atoms with van der Waals surface area (Å²) in [6.45, 7) is 3.37. The Kier molecular flexibility index (Phi) is 9.01. The number of carbonyl (C=O) groups excluding carboxylic acids is 1. The third-order valence-electron chi connectivity index (χ3n) is 2.62. The molecule has 2 N–H and O–H groups in total. The van der Waals surface area contributed by atoms with Gasteiger partial charge in [-0.25, -0.2) is 0 Å². The lowest BCUT2D eigenvalue weighted by molar-refractivity contribution is -0.134. The summed E-state index contributed by atoms with van der Waals surface area (Å²) < 4.78 is 5.91. The number of nitrogens with zero attached hydrogens (tertiary/aromatic N) is 1. The summed E-state index contributed by atoms with van der Waals surface area (Å²) in [6.07, 6.45) is 0. The van der Waals surface area contributed by atoms with Crippen molar-refractivity contribution in [2.75, 3.05) is 20.3 Å². The number of halogens is 2. The molecule has 0 radical (unpaired) electrons.